The van der Waals surface area contributed by atoms with Crippen LogP contribution in [0.2, 0.25) is 0 Å². The van der Waals surface area contributed by atoms with Gasteiger partial charge in [0.1, 0.15) is 5.82 Å². The molecule has 0 bridgehead atoms. The van der Waals surface area contributed by atoms with Crippen LogP contribution >= 0.6 is 15.9 Å². The van der Waals surface area contributed by atoms with Crippen LogP contribution in [0.25, 0.3) is 10.9 Å². The van der Waals surface area contributed by atoms with E-state index in [-0.39, 0.29) is 12.2 Å². The molecule has 3 rings (SSSR count). The summed E-state index contributed by atoms with van der Waals surface area (Å²) < 4.78 is 18.2. The lowest BCUT2D eigenvalue weighted by molar-refractivity contribution is -0.142. The van der Waals surface area contributed by atoms with Gasteiger partial charge < -0.3 is 14.2 Å². The number of benzene rings is 2. The molecule has 9 heteroatoms. The van der Waals surface area contributed by atoms with Crippen LogP contribution in [0.5, 0.6) is 11.5 Å². The highest BCUT2D eigenvalue weighted by molar-refractivity contribution is 9.10. The van der Waals surface area contributed by atoms with Crippen molar-refractivity contribution in [1.82, 2.24) is 9.66 Å². The molecule has 0 saturated heterocycles. The quantitative estimate of drug-likeness (QED) is 0.222. The topological polar surface area (TPSA) is 92.0 Å². The molecule has 0 unspecified atom stereocenters. The molecule has 34 heavy (non-hydrogen) atoms. The molecule has 3 aromatic rings. The molecule has 0 fully saturated rings. The number of allylic oxidation sites excluding steroid dienone is 1. The summed E-state index contributed by atoms with van der Waals surface area (Å²) in [7, 11) is 1.30. The smallest absolute Gasteiger partial charge is 0.343 e. The van der Waals surface area contributed by atoms with E-state index in [0.717, 1.165) is 10.0 Å². The molecular weight excluding hydrogens is 502 g/mol. The average molecular weight is 528 g/mol. The number of methoxy groups -OCH3 is 1. The number of hydrogen-bond acceptors (Lipinski definition) is 7. The molecule has 1 aromatic heterocycles. The first-order chi connectivity index (χ1) is 16.4. The fourth-order valence-corrected chi connectivity index (χ4v) is 3.71. The van der Waals surface area contributed by atoms with Crippen LogP contribution in [0.1, 0.15) is 30.8 Å². The molecule has 0 amide bonds. The van der Waals surface area contributed by atoms with Gasteiger partial charge in [-0.1, -0.05) is 28.9 Å². The van der Waals surface area contributed by atoms with E-state index in [1.54, 1.807) is 30.5 Å². The maximum absolute atomic E-state index is 13.1. The van der Waals surface area contributed by atoms with Crippen LogP contribution in [-0.2, 0) is 22.4 Å². The van der Waals surface area contributed by atoms with Gasteiger partial charge in [-0.25, -0.2) is 9.78 Å². The number of nitrogens with zero attached hydrogens (tertiary/aromatic N) is 3. The zero-order chi connectivity index (χ0) is 24.7. The Balaban J connectivity index is 2.08. The number of esters is 1. The molecule has 1 heterocycles. The number of ether oxygens (including phenoxy) is 3. The summed E-state index contributed by atoms with van der Waals surface area (Å²) >= 11 is 3.40. The third-order valence-corrected chi connectivity index (χ3v) is 5.39. The first kappa shape index (κ1) is 25.2. The van der Waals surface area contributed by atoms with Gasteiger partial charge in [0.15, 0.2) is 18.1 Å². The highest BCUT2D eigenvalue weighted by Crippen LogP contribution is 2.33. The second kappa shape index (κ2) is 11.6. The van der Waals surface area contributed by atoms with E-state index < -0.39 is 5.97 Å². The minimum atomic E-state index is -0.500. The van der Waals surface area contributed by atoms with Crippen molar-refractivity contribution in [2.75, 3.05) is 20.3 Å². The standard InChI is InChI=1S/C25H26BrN3O5/c1-5-8-17-11-16(12-21(33-7-3)24(17)34-15-23(30)32-4)14-27-29-22(6-2)28-20-10-9-18(26)13-19(20)25(29)31/h5,9-14H,1,6-8,15H2,2-4H3. The van der Waals surface area contributed by atoms with E-state index in [0.29, 0.717) is 53.2 Å². The predicted molar refractivity (Wildman–Crippen MR) is 135 cm³/mol. The van der Waals surface area contributed by atoms with Gasteiger partial charge in [-0.2, -0.15) is 9.78 Å². The average Bonchev–Trinajstić information content (AvgIpc) is 2.83. The molecule has 0 aliphatic carbocycles. The zero-order valence-corrected chi connectivity index (χ0v) is 20.9. The lowest BCUT2D eigenvalue weighted by Gasteiger charge is -2.16. The van der Waals surface area contributed by atoms with Crippen molar-refractivity contribution in [1.29, 1.82) is 0 Å². The van der Waals surface area contributed by atoms with Crippen LogP contribution < -0.4 is 15.0 Å². The predicted octanol–water partition coefficient (Wildman–Crippen LogP) is 4.28. The fourth-order valence-electron chi connectivity index (χ4n) is 3.35. The number of fused-ring (bicyclic) bond motifs is 1. The van der Waals surface area contributed by atoms with Gasteiger partial charge in [0.05, 0.1) is 30.8 Å². The van der Waals surface area contributed by atoms with Crippen LogP contribution in [0, 0.1) is 0 Å². The van der Waals surface area contributed by atoms with Gasteiger partial charge in [-0.15, -0.1) is 6.58 Å². The molecule has 0 radical (unpaired) electrons. The van der Waals surface area contributed by atoms with Crippen molar-refractivity contribution in [3.05, 3.63) is 74.8 Å². The number of aromatic nitrogens is 2. The van der Waals surface area contributed by atoms with Crippen molar-refractivity contribution in [2.24, 2.45) is 5.10 Å². The summed E-state index contributed by atoms with van der Waals surface area (Å²) in [5.74, 6) is 0.939. The Hall–Kier alpha value is -3.46. The van der Waals surface area contributed by atoms with Gasteiger partial charge in [0.25, 0.3) is 5.56 Å². The molecule has 8 nitrogen and oxygen atoms in total. The van der Waals surface area contributed by atoms with E-state index in [4.69, 9.17) is 9.47 Å². The highest BCUT2D eigenvalue weighted by atomic mass is 79.9. The molecule has 0 atom stereocenters. The molecule has 0 N–H and O–H groups in total. The van der Waals surface area contributed by atoms with Crippen LogP contribution in [0.4, 0.5) is 0 Å². The molecule has 0 aliphatic heterocycles. The van der Waals surface area contributed by atoms with E-state index in [1.807, 2.05) is 26.0 Å². The Morgan fingerprint density at radius 2 is 2.03 bits per heavy atom. The van der Waals surface area contributed by atoms with Crippen LogP contribution in [-0.4, -0.2) is 42.2 Å². The molecule has 0 saturated carbocycles. The number of carbonyl (C=O) groups is 1. The Bertz CT molecular complexity index is 1300. The van der Waals surface area contributed by atoms with Crippen molar-refractivity contribution in [3.63, 3.8) is 0 Å². The lowest BCUT2D eigenvalue weighted by Crippen LogP contribution is -2.22. The van der Waals surface area contributed by atoms with Crippen LogP contribution in [0.15, 0.2) is 57.4 Å². The Labute approximate surface area is 206 Å². The fraction of sp³-hybridized carbons (Fsp3) is 0.280. The van der Waals surface area contributed by atoms with Gasteiger partial charge >= 0.3 is 5.97 Å². The summed E-state index contributed by atoms with van der Waals surface area (Å²) in [5.41, 5.74) is 1.81. The van der Waals surface area contributed by atoms with Gasteiger partial charge in [0.2, 0.25) is 0 Å². The lowest BCUT2D eigenvalue weighted by atomic mass is 10.1. The molecule has 178 valence electrons. The Morgan fingerprint density at radius 3 is 2.71 bits per heavy atom. The third kappa shape index (κ3) is 5.72. The maximum atomic E-state index is 13.1. The van der Waals surface area contributed by atoms with Crippen molar-refractivity contribution >= 4 is 39.0 Å². The number of rotatable bonds is 10. The van der Waals surface area contributed by atoms with Gasteiger partial charge in [-0.05, 0) is 49.2 Å². The third-order valence-electron chi connectivity index (χ3n) is 4.89. The summed E-state index contributed by atoms with van der Waals surface area (Å²) in [6, 6.07) is 8.98. The minimum absolute atomic E-state index is 0.248. The second-order valence-electron chi connectivity index (χ2n) is 7.20. The summed E-state index contributed by atoms with van der Waals surface area (Å²) in [6.07, 6.45) is 4.31. The van der Waals surface area contributed by atoms with E-state index >= 15 is 0 Å². The van der Waals surface area contributed by atoms with E-state index in [1.165, 1.54) is 11.8 Å². The summed E-state index contributed by atoms with van der Waals surface area (Å²) in [4.78, 5) is 29.3. The SMILES string of the molecule is C=CCc1cc(C=Nn2c(CC)nc3ccc(Br)cc3c2=O)cc(OCC)c1OCC(=O)OC. The molecule has 0 aliphatic rings. The van der Waals surface area contributed by atoms with Gasteiger partial charge in [-0.3, -0.25) is 4.79 Å². The summed E-state index contributed by atoms with van der Waals surface area (Å²) in [6.45, 7) is 7.71. The minimum Gasteiger partial charge on any atom is -0.490 e. The zero-order valence-electron chi connectivity index (χ0n) is 19.3. The highest BCUT2D eigenvalue weighted by Gasteiger charge is 2.15. The van der Waals surface area contributed by atoms with Crippen LogP contribution in [0.3, 0.4) is 0 Å². The maximum Gasteiger partial charge on any atom is 0.343 e. The molecular formula is C25H26BrN3O5. The monoisotopic (exact) mass is 527 g/mol. The Kier molecular flexibility index (Phi) is 8.59. The van der Waals surface area contributed by atoms with E-state index in [9.17, 15) is 9.59 Å². The molecule has 0 spiro atoms. The largest absolute Gasteiger partial charge is 0.490 e. The number of hydrogen-bond donors (Lipinski definition) is 0. The normalized spacial score (nSPS) is 11.1. The van der Waals surface area contributed by atoms with Crippen molar-refractivity contribution in [3.8, 4) is 11.5 Å². The number of aryl methyl sites for hydroxylation is 1. The second-order valence-corrected chi connectivity index (χ2v) is 8.12. The van der Waals surface area contributed by atoms with Crippen molar-refractivity contribution in [2.45, 2.75) is 26.7 Å². The first-order valence-corrected chi connectivity index (χ1v) is 11.6. The summed E-state index contributed by atoms with van der Waals surface area (Å²) in [5, 5.41) is 4.92. The first-order valence-electron chi connectivity index (χ1n) is 10.8. The Morgan fingerprint density at radius 1 is 1.24 bits per heavy atom. The van der Waals surface area contributed by atoms with E-state index in [2.05, 4.69) is 37.3 Å². The molecule has 2 aromatic carbocycles. The number of halogens is 1. The number of carbonyl (C=O) groups excluding carboxylic acids is 1. The van der Waals surface area contributed by atoms with Gasteiger partial charge in [0, 0.05) is 16.5 Å². The van der Waals surface area contributed by atoms with Crippen molar-refractivity contribution < 1.29 is 19.0 Å².